The summed E-state index contributed by atoms with van der Waals surface area (Å²) in [6.07, 6.45) is 7.44. The van der Waals surface area contributed by atoms with Gasteiger partial charge in [-0.15, -0.1) is 0 Å². The summed E-state index contributed by atoms with van der Waals surface area (Å²) in [7, 11) is 0. The minimum atomic E-state index is -0.559. The van der Waals surface area contributed by atoms with Gasteiger partial charge in [-0.3, -0.25) is 14.9 Å². The molecule has 1 heterocycles. The first-order valence-corrected chi connectivity index (χ1v) is 6.65. The van der Waals surface area contributed by atoms with Crippen LogP contribution in [0.2, 0.25) is 0 Å². The number of nitrogens with one attached hydrogen (secondary N) is 1. The van der Waals surface area contributed by atoms with Gasteiger partial charge in [0, 0.05) is 12.0 Å². The van der Waals surface area contributed by atoms with Gasteiger partial charge >= 0.3 is 0 Å². The molecule has 6 aliphatic carbocycles. The van der Waals surface area contributed by atoms with Crippen molar-refractivity contribution in [2.75, 3.05) is 0 Å². The lowest BCUT2D eigenvalue weighted by Crippen LogP contribution is -2.75. The Labute approximate surface area is 104 Å². The maximum absolute atomic E-state index is 12.4. The van der Waals surface area contributed by atoms with Crippen molar-refractivity contribution in [3.63, 3.8) is 0 Å². The lowest BCUT2D eigenvalue weighted by Gasteiger charge is -2.77. The third kappa shape index (κ3) is 0.671. The van der Waals surface area contributed by atoms with Crippen LogP contribution >= 0.6 is 0 Å². The van der Waals surface area contributed by atoms with Crippen molar-refractivity contribution in [1.82, 2.24) is 10.3 Å². The Balaban J connectivity index is 1.60. The maximum atomic E-state index is 12.4. The highest BCUT2D eigenvalue weighted by atomic mass is 16.2. The molecule has 2 amide bonds. The quantitative estimate of drug-likeness (QED) is 0.170. The first-order valence-electron chi connectivity index (χ1n) is 6.65. The highest BCUT2D eigenvalue weighted by molar-refractivity contribution is 5.98. The molecule has 94 valence electrons. The summed E-state index contributed by atoms with van der Waals surface area (Å²) in [6, 6.07) is 0.215. The van der Waals surface area contributed by atoms with Crippen LogP contribution in [0.15, 0.2) is 12.2 Å². The maximum Gasteiger partial charge on any atom is 0.265 e. The molecule has 4 bridgehead atoms. The molecule has 0 aromatic heterocycles. The molecule has 5 fully saturated rings. The second-order valence-electron chi connectivity index (χ2n) is 6.68. The summed E-state index contributed by atoms with van der Waals surface area (Å²) in [6.45, 7) is 0. The van der Waals surface area contributed by atoms with E-state index in [9.17, 15) is 9.59 Å². The Morgan fingerprint density at radius 2 is 2.22 bits per heavy atom. The zero-order valence-electron chi connectivity index (χ0n) is 9.87. The molecule has 0 aromatic carbocycles. The normalized spacial score (nSPS) is 59.9. The van der Waals surface area contributed by atoms with E-state index in [1.165, 1.54) is 12.8 Å². The second kappa shape index (κ2) is 2.42. The molecule has 4 saturated carbocycles. The van der Waals surface area contributed by atoms with Crippen LogP contribution in [0.1, 0.15) is 12.8 Å². The van der Waals surface area contributed by atoms with Gasteiger partial charge in [0.15, 0.2) is 0 Å². The molecule has 0 aromatic rings. The van der Waals surface area contributed by atoms with Crippen LogP contribution in [0.25, 0.3) is 0 Å². The molecule has 5 atom stereocenters. The fraction of sp³-hybridized carbons (Fsp3) is 0.692. The van der Waals surface area contributed by atoms with Crippen LogP contribution in [0.4, 0.5) is 0 Å². The first-order chi connectivity index (χ1) is 8.65. The van der Waals surface area contributed by atoms with E-state index in [0.717, 1.165) is 16.8 Å². The number of rotatable bonds is 2. The van der Waals surface area contributed by atoms with Crippen molar-refractivity contribution >= 4 is 12.3 Å². The first kappa shape index (κ1) is 9.69. The van der Waals surface area contributed by atoms with E-state index in [0.29, 0.717) is 17.7 Å². The SMILES string of the molecule is NN(C=O)C(=O)C12NC1C1C=CC2C23CC(C2)C13. The Hall–Kier alpha value is -1.20. The van der Waals surface area contributed by atoms with Gasteiger partial charge in [-0.05, 0) is 36.0 Å². The number of hydrogen-bond acceptors (Lipinski definition) is 4. The van der Waals surface area contributed by atoms with Crippen molar-refractivity contribution in [2.24, 2.45) is 34.9 Å². The minimum absolute atomic E-state index is 0.215. The number of amides is 2. The number of nitrogens with two attached hydrogens (primary N) is 1. The van der Waals surface area contributed by atoms with Crippen LogP contribution in [-0.2, 0) is 9.59 Å². The Morgan fingerprint density at radius 3 is 2.83 bits per heavy atom. The van der Waals surface area contributed by atoms with Gasteiger partial charge in [-0.2, -0.15) is 0 Å². The molecule has 5 heteroatoms. The van der Waals surface area contributed by atoms with E-state index < -0.39 is 5.54 Å². The van der Waals surface area contributed by atoms with E-state index in [2.05, 4.69) is 17.5 Å². The fourth-order valence-electron chi connectivity index (χ4n) is 5.71. The monoisotopic (exact) mass is 245 g/mol. The van der Waals surface area contributed by atoms with Gasteiger partial charge < -0.3 is 0 Å². The fourth-order valence-corrected chi connectivity index (χ4v) is 5.71. The van der Waals surface area contributed by atoms with E-state index in [4.69, 9.17) is 5.84 Å². The molecular weight excluding hydrogens is 230 g/mol. The molecule has 7 aliphatic rings. The van der Waals surface area contributed by atoms with Crippen LogP contribution < -0.4 is 11.2 Å². The summed E-state index contributed by atoms with van der Waals surface area (Å²) in [4.78, 5) is 23.1. The molecule has 1 spiro atoms. The van der Waals surface area contributed by atoms with Gasteiger partial charge in [0.1, 0.15) is 5.54 Å². The summed E-state index contributed by atoms with van der Waals surface area (Å²) >= 11 is 0. The molecule has 1 saturated heterocycles. The molecule has 5 unspecified atom stereocenters. The number of hydrogen-bond donors (Lipinski definition) is 2. The van der Waals surface area contributed by atoms with E-state index >= 15 is 0 Å². The number of nitrogens with zero attached hydrogens (tertiary/aromatic N) is 1. The molecule has 0 radical (unpaired) electrons. The zero-order valence-corrected chi connectivity index (χ0v) is 9.87. The molecule has 7 rings (SSSR count). The van der Waals surface area contributed by atoms with Crippen LogP contribution in [0.5, 0.6) is 0 Å². The largest absolute Gasteiger partial charge is 0.296 e. The standard InChI is InChI=1S/C13H15N3O2/c14-16(5-17)11(18)13-8-2-1-7(10(13)15-13)9-6-3-12(8,9)4-6/h1-2,5-10,15H,3-4,14H2. The lowest BCUT2D eigenvalue weighted by atomic mass is 9.26. The van der Waals surface area contributed by atoms with Crippen molar-refractivity contribution in [3.8, 4) is 0 Å². The molecule has 3 N–H and O–H groups in total. The lowest BCUT2D eigenvalue weighted by molar-refractivity contribution is -0.258. The predicted octanol–water partition coefficient (Wildman–Crippen LogP) is -0.602. The zero-order chi connectivity index (χ0) is 12.3. The van der Waals surface area contributed by atoms with Crippen molar-refractivity contribution in [3.05, 3.63) is 12.2 Å². The molecule has 18 heavy (non-hydrogen) atoms. The second-order valence-corrected chi connectivity index (χ2v) is 6.68. The third-order valence-corrected chi connectivity index (χ3v) is 6.40. The van der Waals surface area contributed by atoms with Crippen LogP contribution in [0.3, 0.4) is 0 Å². The van der Waals surface area contributed by atoms with Gasteiger partial charge in [0.2, 0.25) is 6.41 Å². The molecule has 1 aliphatic heterocycles. The van der Waals surface area contributed by atoms with E-state index in [-0.39, 0.29) is 17.9 Å². The average Bonchev–Trinajstić information content (AvgIpc) is 3.04. The third-order valence-electron chi connectivity index (χ3n) is 6.40. The highest BCUT2D eigenvalue weighted by Crippen LogP contribution is 2.82. The van der Waals surface area contributed by atoms with Crippen molar-refractivity contribution < 1.29 is 9.59 Å². The van der Waals surface area contributed by atoms with Gasteiger partial charge in [-0.1, -0.05) is 12.2 Å². The van der Waals surface area contributed by atoms with Gasteiger partial charge in [-0.25, -0.2) is 10.9 Å². The summed E-state index contributed by atoms with van der Waals surface area (Å²) < 4.78 is 0. The van der Waals surface area contributed by atoms with Crippen LogP contribution in [-0.4, -0.2) is 28.9 Å². The Morgan fingerprint density at radius 1 is 1.44 bits per heavy atom. The predicted molar refractivity (Wildman–Crippen MR) is 61.5 cm³/mol. The van der Waals surface area contributed by atoms with Crippen LogP contribution in [0, 0.1) is 29.1 Å². The number of carbonyl (C=O) groups excluding carboxylic acids is 2. The smallest absolute Gasteiger partial charge is 0.265 e. The number of hydrazine groups is 1. The highest BCUT2D eigenvalue weighted by Gasteiger charge is 2.85. The molecule has 5 nitrogen and oxygen atoms in total. The Bertz CT molecular complexity index is 524. The minimum Gasteiger partial charge on any atom is -0.296 e. The van der Waals surface area contributed by atoms with Crippen molar-refractivity contribution in [1.29, 1.82) is 0 Å². The van der Waals surface area contributed by atoms with Crippen molar-refractivity contribution in [2.45, 2.75) is 24.4 Å². The molecular formula is C13H15N3O2. The van der Waals surface area contributed by atoms with E-state index in [1.807, 2.05) is 0 Å². The number of carbonyl (C=O) groups is 2. The summed E-state index contributed by atoms with van der Waals surface area (Å²) in [5.74, 6) is 7.65. The Kier molecular flexibility index (Phi) is 1.30. The van der Waals surface area contributed by atoms with E-state index in [1.54, 1.807) is 0 Å². The number of imide groups is 1. The summed E-state index contributed by atoms with van der Waals surface area (Å²) in [5, 5.41) is 4.11. The van der Waals surface area contributed by atoms with Gasteiger partial charge in [0.25, 0.3) is 5.91 Å². The topological polar surface area (TPSA) is 85.3 Å². The summed E-state index contributed by atoms with van der Waals surface area (Å²) in [5.41, 5.74) is -0.208. The average molecular weight is 245 g/mol. The van der Waals surface area contributed by atoms with Gasteiger partial charge in [0.05, 0.1) is 0 Å².